The molecule has 0 aromatic heterocycles. The van der Waals surface area contributed by atoms with E-state index in [0.717, 1.165) is 11.1 Å². The average molecular weight is 293 g/mol. The second kappa shape index (κ2) is 9.37. The maximum absolute atomic E-state index is 11.7. The van der Waals surface area contributed by atoms with Crippen LogP contribution < -0.4 is 0 Å². The highest BCUT2D eigenvalue weighted by Gasteiger charge is 1.98. The minimum Gasteiger partial charge on any atom is -0.289 e. The van der Waals surface area contributed by atoms with Crippen LogP contribution in [0.3, 0.4) is 0 Å². The molecule has 0 atom stereocenters. The number of benzene rings is 2. The number of halogens is 2. The van der Waals surface area contributed by atoms with E-state index in [9.17, 15) is 4.79 Å². The van der Waals surface area contributed by atoms with E-state index in [2.05, 4.69) is 0 Å². The first kappa shape index (κ1) is 15.5. The Hall–Kier alpha value is -1.57. The van der Waals surface area contributed by atoms with E-state index >= 15 is 0 Å². The summed E-state index contributed by atoms with van der Waals surface area (Å²) in [6.45, 7) is 0. The molecule has 2 aromatic carbocycles. The zero-order valence-corrected chi connectivity index (χ0v) is 11.8. The predicted octanol–water partition coefficient (Wildman–Crippen LogP) is 5.00. The Kier molecular flexibility index (Phi) is 7.64. The van der Waals surface area contributed by atoms with Crippen molar-refractivity contribution in [2.45, 2.75) is 0 Å². The minimum absolute atomic E-state index is 0.0319. The summed E-state index contributed by atoms with van der Waals surface area (Å²) in [7, 11) is 0. The minimum atomic E-state index is 0.0319. The van der Waals surface area contributed by atoms with Crippen LogP contribution in [0.5, 0.6) is 0 Å². The van der Waals surface area contributed by atoms with Gasteiger partial charge >= 0.3 is 0 Å². The number of hydrogen-bond donors (Lipinski definition) is 0. The van der Waals surface area contributed by atoms with Crippen LogP contribution in [0.15, 0.2) is 66.7 Å². The highest BCUT2D eigenvalue weighted by Crippen LogP contribution is 2.05. The number of rotatable bonds is 3. The summed E-state index contributed by atoms with van der Waals surface area (Å²) in [6, 6.07) is 19.1. The predicted molar refractivity (Wildman–Crippen MR) is 82.8 cm³/mol. The van der Waals surface area contributed by atoms with Gasteiger partial charge in [0, 0.05) is 5.56 Å². The van der Waals surface area contributed by atoms with Crippen molar-refractivity contribution in [3.8, 4) is 0 Å². The summed E-state index contributed by atoms with van der Waals surface area (Å²) in [4.78, 5) is 11.7. The quantitative estimate of drug-likeness (QED) is 0.442. The van der Waals surface area contributed by atoms with Gasteiger partial charge in [-0.1, -0.05) is 66.7 Å². The SMILES string of the molecule is ClCCl.O=C(C=Cc1ccccc1)c1ccccc1. The van der Waals surface area contributed by atoms with Crippen molar-refractivity contribution in [2.24, 2.45) is 0 Å². The summed E-state index contributed by atoms with van der Waals surface area (Å²) in [6.07, 6.45) is 3.43. The topological polar surface area (TPSA) is 17.1 Å². The van der Waals surface area contributed by atoms with Gasteiger partial charge in [0.05, 0.1) is 5.34 Å². The third-order valence-electron chi connectivity index (χ3n) is 2.29. The highest BCUT2D eigenvalue weighted by molar-refractivity contribution is 6.40. The highest BCUT2D eigenvalue weighted by atomic mass is 35.5. The van der Waals surface area contributed by atoms with Crippen LogP contribution in [-0.2, 0) is 0 Å². The van der Waals surface area contributed by atoms with Crippen LogP contribution in [0.1, 0.15) is 15.9 Å². The zero-order chi connectivity index (χ0) is 13.9. The maximum atomic E-state index is 11.7. The molecule has 0 bridgehead atoms. The summed E-state index contributed by atoms with van der Waals surface area (Å²) in [5.74, 6) is 0.0319. The fourth-order valence-electron chi connectivity index (χ4n) is 1.43. The van der Waals surface area contributed by atoms with Crippen LogP contribution in [0.25, 0.3) is 6.08 Å². The number of carbonyl (C=O) groups is 1. The lowest BCUT2D eigenvalue weighted by molar-refractivity contribution is 0.104. The molecule has 19 heavy (non-hydrogen) atoms. The lowest BCUT2D eigenvalue weighted by Crippen LogP contribution is -1.92. The Labute approximate surface area is 123 Å². The number of allylic oxidation sites excluding steroid dienone is 1. The molecular weight excluding hydrogens is 279 g/mol. The van der Waals surface area contributed by atoms with Gasteiger partial charge in [0.25, 0.3) is 0 Å². The average Bonchev–Trinajstić information content (AvgIpc) is 2.47. The van der Waals surface area contributed by atoms with Gasteiger partial charge in [0.15, 0.2) is 5.78 Å². The molecule has 0 saturated heterocycles. The molecule has 0 aliphatic rings. The largest absolute Gasteiger partial charge is 0.289 e. The van der Waals surface area contributed by atoms with Crippen molar-refractivity contribution in [3.63, 3.8) is 0 Å². The van der Waals surface area contributed by atoms with Crippen molar-refractivity contribution in [1.29, 1.82) is 0 Å². The number of ketones is 1. The smallest absolute Gasteiger partial charge is 0.185 e. The van der Waals surface area contributed by atoms with Crippen LogP contribution in [0.4, 0.5) is 0 Å². The molecule has 0 amide bonds. The van der Waals surface area contributed by atoms with E-state index in [1.54, 1.807) is 6.08 Å². The Morgan fingerprint density at radius 2 is 1.37 bits per heavy atom. The molecule has 0 saturated carbocycles. The van der Waals surface area contributed by atoms with Gasteiger partial charge in [-0.3, -0.25) is 4.79 Å². The standard InChI is InChI=1S/C15H12O.CH2Cl2/c16-15(14-9-5-2-6-10-14)12-11-13-7-3-1-4-8-13;2-1-3/h1-12H;1H2. The van der Waals surface area contributed by atoms with Gasteiger partial charge in [-0.15, -0.1) is 23.2 Å². The van der Waals surface area contributed by atoms with Gasteiger partial charge in [-0.25, -0.2) is 0 Å². The summed E-state index contributed by atoms with van der Waals surface area (Å²) < 4.78 is 0. The Bertz CT molecular complexity index is 507. The number of carbonyl (C=O) groups excluding carboxylic acids is 1. The van der Waals surface area contributed by atoms with E-state index in [1.807, 2.05) is 66.7 Å². The molecule has 98 valence electrons. The van der Waals surface area contributed by atoms with E-state index in [-0.39, 0.29) is 11.1 Å². The van der Waals surface area contributed by atoms with E-state index in [0.29, 0.717) is 0 Å². The van der Waals surface area contributed by atoms with E-state index < -0.39 is 0 Å². The molecule has 0 unspecified atom stereocenters. The van der Waals surface area contributed by atoms with Crippen molar-refractivity contribution < 1.29 is 4.79 Å². The van der Waals surface area contributed by atoms with E-state index in [1.165, 1.54) is 0 Å². The fraction of sp³-hybridized carbons (Fsp3) is 0.0625. The van der Waals surface area contributed by atoms with Crippen LogP contribution >= 0.6 is 23.2 Å². The lowest BCUT2D eigenvalue weighted by atomic mass is 10.1. The van der Waals surface area contributed by atoms with Crippen molar-refractivity contribution in [1.82, 2.24) is 0 Å². The molecule has 3 heteroatoms. The monoisotopic (exact) mass is 292 g/mol. The van der Waals surface area contributed by atoms with Crippen molar-refractivity contribution in [3.05, 3.63) is 77.9 Å². The Morgan fingerprint density at radius 3 is 1.89 bits per heavy atom. The first-order valence-electron chi connectivity index (χ1n) is 5.72. The molecule has 0 aliphatic carbocycles. The maximum Gasteiger partial charge on any atom is 0.185 e. The van der Waals surface area contributed by atoms with Crippen LogP contribution in [0, 0.1) is 0 Å². The second-order valence-corrected chi connectivity index (χ2v) is 4.38. The summed E-state index contributed by atoms with van der Waals surface area (Å²) in [5.41, 5.74) is 1.75. The van der Waals surface area contributed by atoms with E-state index in [4.69, 9.17) is 23.2 Å². The molecule has 2 rings (SSSR count). The second-order valence-electron chi connectivity index (χ2n) is 3.58. The third-order valence-corrected chi connectivity index (χ3v) is 2.29. The number of alkyl halides is 2. The molecule has 0 radical (unpaired) electrons. The van der Waals surface area contributed by atoms with Gasteiger partial charge in [-0.2, -0.15) is 0 Å². The Balaban J connectivity index is 0.000000550. The van der Waals surface area contributed by atoms with Crippen molar-refractivity contribution in [2.75, 3.05) is 5.34 Å². The van der Waals surface area contributed by atoms with Crippen LogP contribution in [0.2, 0.25) is 0 Å². The lowest BCUT2D eigenvalue weighted by Gasteiger charge is -1.94. The van der Waals surface area contributed by atoms with Crippen molar-refractivity contribution >= 4 is 35.1 Å². The first-order chi connectivity index (χ1) is 9.27. The summed E-state index contributed by atoms with van der Waals surface area (Å²) in [5, 5.41) is 0.194. The molecule has 2 aromatic rings. The molecule has 0 spiro atoms. The first-order valence-corrected chi connectivity index (χ1v) is 6.79. The normalized spacial score (nSPS) is 9.79. The third kappa shape index (κ3) is 6.23. The molecular formula is C16H14Cl2O. The van der Waals surface area contributed by atoms with Gasteiger partial charge in [0.2, 0.25) is 0 Å². The molecule has 0 fully saturated rings. The van der Waals surface area contributed by atoms with Gasteiger partial charge in [-0.05, 0) is 11.6 Å². The van der Waals surface area contributed by atoms with Gasteiger partial charge in [0.1, 0.15) is 0 Å². The molecule has 0 N–H and O–H groups in total. The molecule has 0 aliphatic heterocycles. The number of hydrogen-bond acceptors (Lipinski definition) is 1. The Morgan fingerprint density at radius 1 is 0.895 bits per heavy atom. The summed E-state index contributed by atoms with van der Waals surface area (Å²) >= 11 is 9.53. The fourth-order valence-corrected chi connectivity index (χ4v) is 1.43. The van der Waals surface area contributed by atoms with Crippen LogP contribution in [-0.4, -0.2) is 11.1 Å². The zero-order valence-electron chi connectivity index (χ0n) is 10.3. The molecule has 1 nitrogen and oxygen atoms in total. The van der Waals surface area contributed by atoms with Gasteiger partial charge < -0.3 is 0 Å². The molecule has 0 heterocycles.